The zero-order chi connectivity index (χ0) is 11.7. The molecule has 0 spiro atoms. The first kappa shape index (κ1) is 18.2. The summed E-state index contributed by atoms with van der Waals surface area (Å²) in [6.07, 6.45) is 2.38. The van der Waals surface area contributed by atoms with Crippen molar-refractivity contribution in [1.82, 2.24) is 0 Å². The maximum Gasteiger partial charge on any atom is 0.330 e. The molecule has 0 aromatic heterocycles. The molecule has 0 aromatic carbocycles. The van der Waals surface area contributed by atoms with Crippen LogP contribution in [0.3, 0.4) is 0 Å². The van der Waals surface area contributed by atoms with Crippen molar-refractivity contribution in [2.45, 2.75) is 26.9 Å². The Balaban J connectivity index is 0. The Hall–Kier alpha value is -0.140. The Morgan fingerprint density at radius 1 is 1.44 bits per heavy atom. The topological polar surface area (TPSA) is 51.0 Å². The number of esters is 1. The van der Waals surface area contributed by atoms with E-state index in [4.69, 9.17) is 4.74 Å². The molecule has 1 unspecified atom stereocenters. The molecule has 96 valence electrons. The summed E-state index contributed by atoms with van der Waals surface area (Å²) in [6.45, 7) is 8.52. The number of aliphatic hydroxyl groups is 1. The van der Waals surface area contributed by atoms with Gasteiger partial charge in [0, 0.05) is 6.08 Å². The van der Waals surface area contributed by atoms with Crippen molar-refractivity contribution in [2.75, 3.05) is 26.2 Å². The number of quaternary nitrogens is 1. The molecule has 16 heavy (non-hydrogen) atoms. The maximum absolute atomic E-state index is 10.9. The van der Waals surface area contributed by atoms with Crippen LogP contribution in [0, 0.1) is 0 Å². The number of carbonyl (C=O) groups is 1. The number of rotatable bonds is 7. The van der Waals surface area contributed by atoms with Crippen molar-refractivity contribution >= 4 is 5.97 Å². The second-order valence-electron chi connectivity index (χ2n) is 3.45. The van der Waals surface area contributed by atoms with Crippen LogP contribution in [-0.4, -0.2) is 43.4 Å². The number of nitrogens with one attached hydrogen (secondary N) is 1. The van der Waals surface area contributed by atoms with Crippen LogP contribution in [0.5, 0.6) is 0 Å². The number of likely N-dealkylation sites (N-methyl/N-ethyl adjacent to an activating group) is 1. The third-order valence-corrected chi connectivity index (χ3v) is 2.25. The molecule has 0 saturated heterocycles. The van der Waals surface area contributed by atoms with Gasteiger partial charge in [0.1, 0.15) is 19.3 Å². The highest BCUT2D eigenvalue weighted by Gasteiger charge is 2.13. The lowest BCUT2D eigenvalue weighted by molar-refractivity contribution is -0.899. The van der Waals surface area contributed by atoms with Gasteiger partial charge in [0.15, 0.2) is 0 Å². The number of hydrogen-bond acceptors (Lipinski definition) is 3. The van der Waals surface area contributed by atoms with Crippen LogP contribution >= 0.6 is 0 Å². The molecule has 0 aliphatic carbocycles. The third kappa shape index (κ3) is 9.11. The fourth-order valence-electron chi connectivity index (χ4n) is 1.29. The number of allylic oxidation sites excluding steroid dienone is 1. The largest absolute Gasteiger partial charge is 1.00 e. The number of ether oxygens (including phenoxy) is 1. The van der Waals surface area contributed by atoms with E-state index in [1.807, 2.05) is 0 Å². The monoisotopic (exact) mass is 343 g/mol. The normalized spacial score (nSPS) is 12.6. The molecule has 0 aromatic rings. The van der Waals surface area contributed by atoms with E-state index in [-0.39, 0.29) is 30.6 Å². The highest BCUT2D eigenvalue weighted by atomic mass is 127. The van der Waals surface area contributed by atoms with Gasteiger partial charge >= 0.3 is 5.97 Å². The summed E-state index contributed by atoms with van der Waals surface area (Å²) in [7, 11) is 0. The predicted octanol–water partition coefficient (Wildman–Crippen LogP) is -3.60. The molecule has 0 amide bonds. The molecule has 0 radical (unpaired) electrons. The van der Waals surface area contributed by atoms with Gasteiger partial charge in [-0.05, 0) is 20.8 Å². The molecule has 1 atom stereocenters. The minimum absolute atomic E-state index is 0. The van der Waals surface area contributed by atoms with Gasteiger partial charge in [0.05, 0.1) is 13.1 Å². The van der Waals surface area contributed by atoms with Crippen LogP contribution in [0.25, 0.3) is 0 Å². The molecule has 0 rings (SSSR count). The molecular weight excluding hydrogens is 321 g/mol. The molecule has 4 nitrogen and oxygen atoms in total. The Kier molecular flexibility index (Phi) is 12.9. The van der Waals surface area contributed by atoms with E-state index >= 15 is 0 Å². The van der Waals surface area contributed by atoms with E-state index in [1.54, 1.807) is 13.0 Å². The van der Waals surface area contributed by atoms with Crippen molar-refractivity contribution in [1.29, 1.82) is 0 Å². The first-order valence-electron chi connectivity index (χ1n) is 5.45. The lowest BCUT2D eigenvalue weighted by Gasteiger charge is -2.18. The van der Waals surface area contributed by atoms with Crippen molar-refractivity contribution in [3.8, 4) is 0 Å². The highest BCUT2D eigenvalue weighted by Crippen LogP contribution is 1.85. The Bertz CT molecular complexity index is 205. The minimum Gasteiger partial charge on any atom is -1.00 e. The van der Waals surface area contributed by atoms with Crippen molar-refractivity contribution in [3.63, 3.8) is 0 Å². The maximum atomic E-state index is 10.9. The van der Waals surface area contributed by atoms with Gasteiger partial charge in [-0.3, -0.25) is 0 Å². The average Bonchev–Trinajstić information content (AvgIpc) is 2.23. The van der Waals surface area contributed by atoms with Crippen molar-refractivity contribution in [3.05, 3.63) is 12.2 Å². The summed E-state index contributed by atoms with van der Waals surface area (Å²) in [5, 5.41) is 9.58. The summed E-state index contributed by atoms with van der Waals surface area (Å²) in [5.41, 5.74) is 0. The molecule has 2 N–H and O–H groups in total. The molecule has 0 bridgehead atoms. The Morgan fingerprint density at radius 3 is 2.44 bits per heavy atom. The van der Waals surface area contributed by atoms with Crippen LogP contribution in [0.2, 0.25) is 0 Å². The molecular formula is C11H22INO3. The second-order valence-corrected chi connectivity index (χ2v) is 3.45. The summed E-state index contributed by atoms with van der Waals surface area (Å²) < 4.78 is 4.85. The molecule has 0 aliphatic heterocycles. The summed E-state index contributed by atoms with van der Waals surface area (Å²) in [6, 6.07) is 0. The average molecular weight is 343 g/mol. The first-order chi connectivity index (χ1) is 7.13. The minimum atomic E-state index is -0.575. The fraction of sp³-hybridized carbons (Fsp3) is 0.727. The van der Waals surface area contributed by atoms with E-state index in [2.05, 4.69) is 13.8 Å². The lowest BCUT2D eigenvalue weighted by atomic mass is 10.3. The highest BCUT2D eigenvalue weighted by molar-refractivity contribution is 5.81. The van der Waals surface area contributed by atoms with E-state index in [1.165, 1.54) is 11.0 Å². The van der Waals surface area contributed by atoms with Crippen LogP contribution in [0.15, 0.2) is 12.2 Å². The number of hydrogen-bond donors (Lipinski definition) is 2. The number of aliphatic hydroxyl groups excluding tert-OH is 1. The van der Waals surface area contributed by atoms with Crippen molar-refractivity contribution in [2.24, 2.45) is 0 Å². The van der Waals surface area contributed by atoms with Gasteiger partial charge in [0.25, 0.3) is 0 Å². The summed E-state index contributed by atoms with van der Waals surface area (Å²) in [4.78, 5) is 12.2. The Labute approximate surface area is 115 Å². The zero-order valence-corrected chi connectivity index (χ0v) is 12.4. The number of halogens is 1. The number of carbonyl (C=O) groups excluding carboxylic acids is 1. The zero-order valence-electron chi connectivity index (χ0n) is 10.2. The predicted molar refractivity (Wildman–Crippen MR) is 58.7 cm³/mol. The van der Waals surface area contributed by atoms with Crippen LogP contribution in [-0.2, 0) is 9.53 Å². The van der Waals surface area contributed by atoms with Crippen LogP contribution in [0.1, 0.15) is 20.8 Å². The quantitative estimate of drug-likeness (QED) is 0.285. The lowest BCUT2D eigenvalue weighted by Crippen LogP contribution is -3.12. The van der Waals surface area contributed by atoms with Crippen molar-refractivity contribution < 1.29 is 43.5 Å². The van der Waals surface area contributed by atoms with Crippen LogP contribution in [0.4, 0.5) is 0 Å². The van der Waals surface area contributed by atoms with Crippen LogP contribution < -0.4 is 28.9 Å². The second kappa shape index (κ2) is 11.3. The van der Waals surface area contributed by atoms with Gasteiger partial charge in [0.2, 0.25) is 0 Å². The first-order valence-corrected chi connectivity index (χ1v) is 5.45. The SMILES string of the molecule is CC=CC(=O)OCC(O)C[NH+](CC)CC.[I-]. The molecule has 0 aliphatic rings. The molecule has 0 saturated carbocycles. The third-order valence-electron chi connectivity index (χ3n) is 2.25. The van der Waals surface area contributed by atoms with Gasteiger partial charge < -0.3 is 38.7 Å². The van der Waals surface area contributed by atoms with Gasteiger partial charge in [-0.1, -0.05) is 6.08 Å². The van der Waals surface area contributed by atoms with E-state index in [0.29, 0.717) is 6.54 Å². The van der Waals surface area contributed by atoms with Gasteiger partial charge in [-0.25, -0.2) is 4.79 Å². The van der Waals surface area contributed by atoms with E-state index in [9.17, 15) is 9.90 Å². The standard InChI is InChI=1S/C11H21NO3.HI/c1-4-7-11(14)15-9-10(13)8-12(5-2)6-3;/h4,7,10,13H,5-6,8-9H2,1-3H3;1H. The van der Waals surface area contributed by atoms with E-state index in [0.717, 1.165) is 13.1 Å². The van der Waals surface area contributed by atoms with Gasteiger partial charge in [-0.15, -0.1) is 0 Å². The smallest absolute Gasteiger partial charge is 0.330 e. The summed E-state index contributed by atoms with van der Waals surface area (Å²) in [5.74, 6) is -0.397. The molecule has 0 fully saturated rings. The Morgan fingerprint density at radius 2 is 2.00 bits per heavy atom. The molecule has 0 heterocycles. The van der Waals surface area contributed by atoms with E-state index < -0.39 is 12.1 Å². The van der Waals surface area contributed by atoms with Gasteiger partial charge in [-0.2, -0.15) is 0 Å². The molecule has 5 heteroatoms. The fourth-order valence-corrected chi connectivity index (χ4v) is 1.29. The summed E-state index contributed by atoms with van der Waals surface area (Å²) >= 11 is 0.